The number of carbonyl (C=O) groups excluding carboxylic acids is 1. The lowest BCUT2D eigenvalue weighted by Crippen LogP contribution is -2.69. The van der Waals surface area contributed by atoms with Crippen molar-refractivity contribution in [2.45, 2.75) is 70.2 Å². The van der Waals surface area contributed by atoms with Crippen LogP contribution in [-0.2, 0) is 14.3 Å². The highest BCUT2D eigenvalue weighted by Gasteiger charge is 2.87. The van der Waals surface area contributed by atoms with E-state index in [2.05, 4.69) is 4.74 Å². The molecule has 0 amide bonds. The molecule has 0 aromatic carbocycles. The van der Waals surface area contributed by atoms with Crippen molar-refractivity contribution >= 4 is 11.9 Å². The van der Waals surface area contributed by atoms with Gasteiger partial charge in [-0.05, 0) is 11.8 Å². The standard InChI is InChI=1S/C17H20F12O4/c1-7(5-8(9(30)31)12(2,3)4)10(32)33-6-13(20,21)15(24,25)17(28,29)16(26,27)14(22,23)11(18)19/h7-8,11H,5-6H2,1-4H3,(H,30,31). The lowest BCUT2D eigenvalue weighted by molar-refractivity contribution is -0.414. The molecule has 0 aromatic heterocycles. The Morgan fingerprint density at radius 2 is 1.24 bits per heavy atom. The molecule has 0 radical (unpaired) electrons. The van der Waals surface area contributed by atoms with Crippen LogP contribution in [0.25, 0.3) is 0 Å². The van der Waals surface area contributed by atoms with Crippen molar-refractivity contribution in [3.63, 3.8) is 0 Å². The number of aliphatic carboxylic acids is 1. The molecular formula is C17H20F12O4. The van der Waals surface area contributed by atoms with Crippen LogP contribution in [0, 0.1) is 17.3 Å². The number of carboxylic acids is 1. The second kappa shape index (κ2) is 9.39. The van der Waals surface area contributed by atoms with E-state index in [4.69, 9.17) is 5.11 Å². The predicted molar refractivity (Wildman–Crippen MR) is 86.1 cm³/mol. The molecule has 0 saturated carbocycles. The van der Waals surface area contributed by atoms with Crippen molar-refractivity contribution in [1.82, 2.24) is 0 Å². The summed E-state index contributed by atoms with van der Waals surface area (Å²) >= 11 is 0. The highest BCUT2D eigenvalue weighted by Crippen LogP contribution is 2.58. The molecule has 0 aromatic rings. The molecule has 0 rings (SSSR count). The second-order valence-corrected chi connectivity index (χ2v) is 8.35. The molecule has 0 aliphatic heterocycles. The Balaban J connectivity index is 5.70. The average Bonchev–Trinajstić information content (AvgIpc) is 2.61. The fourth-order valence-electron chi connectivity index (χ4n) is 2.44. The summed E-state index contributed by atoms with van der Waals surface area (Å²) in [6, 6.07) is 0. The first-order valence-electron chi connectivity index (χ1n) is 8.85. The van der Waals surface area contributed by atoms with Gasteiger partial charge in [0, 0.05) is 0 Å². The van der Waals surface area contributed by atoms with Gasteiger partial charge < -0.3 is 9.84 Å². The molecule has 0 aliphatic rings. The molecule has 196 valence electrons. The molecule has 0 spiro atoms. The molecule has 4 nitrogen and oxygen atoms in total. The Labute approximate surface area is 179 Å². The van der Waals surface area contributed by atoms with Crippen molar-refractivity contribution in [2.24, 2.45) is 17.3 Å². The highest BCUT2D eigenvalue weighted by atomic mass is 19.4. The van der Waals surface area contributed by atoms with E-state index >= 15 is 0 Å². The zero-order chi connectivity index (χ0) is 27.0. The number of esters is 1. The number of hydrogen-bond donors (Lipinski definition) is 1. The maximum Gasteiger partial charge on any atom is 0.384 e. The van der Waals surface area contributed by atoms with Crippen LogP contribution in [0.5, 0.6) is 0 Å². The SMILES string of the molecule is CC(CC(C(=O)O)C(C)(C)C)C(=O)OCC(F)(F)C(F)(F)C(F)(F)C(F)(F)C(F)(F)C(F)F. The van der Waals surface area contributed by atoms with Gasteiger partial charge in [0.25, 0.3) is 0 Å². The summed E-state index contributed by atoms with van der Waals surface area (Å²) in [6.45, 7) is 2.11. The zero-order valence-corrected chi connectivity index (χ0v) is 17.4. The van der Waals surface area contributed by atoms with Crippen LogP contribution >= 0.6 is 0 Å². The van der Waals surface area contributed by atoms with E-state index in [1.165, 1.54) is 20.8 Å². The minimum Gasteiger partial charge on any atom is -0.481 e. The number of alkyl halides is 12. The maximum atomic E-state index is 13.7. The first kappa shape index (κ1) is 31.1. The third kappa shape index (κ3) is 5.78. The van der Waals surface area contributed by atoms with Crippen LogP contribution in [0.15, 0.2) is 0 Å². The number of ether oxygens (including phenoxy) is 1. The van der Waals surface area contributed by atoms with Gasteiger partial charge in [-0.3, -0.25) is 9.59 Å². The normalized spacial score (nSPS) is 16.5. The minimum atomic E-state index is -7.72. The second-order valence-electron chi connectivity index (χ2n) is 8.35. The number of carboxylic acid groups (broad SMARTS) is 1. The predicted octanol–water partition coefficient (Wildman–Crippen LogP) is 5.74. The summed E-state index contributed by atoms with van der Waals surface area (Å²) in [4.78, 5) is 23.0. The molecule has 0 fully saturated rings. The molecule has 0 saturated heterocycles. The van der Waals surface area contributed by atoms with Crippen molar-refractivity contribution < 1.29 is 72.1 Å². The number of carbonyl (C=O) groups is 2. The van der Waals surface area contributed by atoms with Gasteiger partial charge in [0.15, 0.2) is 6.61 Å². The molecule has 0 aliphatic carbocycles. The van der Waals surface area contributed by atoms with Gasteiger partial charge in [-0.15, -0.1) is 0 Å². The number of rotatable bonds is 11. The van der Waals surface area contributed by atoms with Gasteiger partial charge in [-0.2, -0.15) is 43.9 Å². The van der Waals surface area contributed by atoms with Crippen LogP contribution in [0.3, 0.4) is 0 Å². The number of halogens is 12. The summed E-state index contributed by atoms with van der Waals surface area (Å²) in [5.74, 6) is -42.5. The topological polar surface area (TPSA) is 63.6 Å². The molecule has 1 N–H and O–H groups in total. The smallest absolute Gasteiger partial charge is 0.384 e. The van der Waals surface area contributed by atoms with E-state index in [0.717, 1.165) is 6.92 Å². The molecule has 16 heteroatoms. The summed E-state index contributed by atoms with van der Waals surface area (Å²) in [7, 11) is 0. The van der Waals surface area contributed by atoms with Crippen LogP contribution in [-0.4, -0.2) is 59.7 Å². The number of hydrogen-bond acceptors (Lipinski definition) is 3. The van der Waals surface area contributed by atoms with Crippen molar-refractivity contribution in [2.75, 3.05) is 6.61 Å². The lowest BCUT2D eigenvalue weighted by atomic mass is 9.76. The van der Waals surface area contributed by atoms with E-state index in [0.29, 0.717) is 0 Å². The molecule has 0 bridgehead atoms. The van der Waals surface area contributed by atoms with Crippen molar-refractivity contribution in [3.05, 3.63) is 0 Å². The molecule has 0 heterocycles. The Hall–Kier alpha value is -1.90. The quantitative estimate of drug-likeness (QED) is 0.281. The fourth-order valence-corrected chi connectivity index (χ4v) is 2.44. The summed E-state index contributed by atoms with van der Waals surface area (Å²) in [5, 5.41) is 9.14. The largest absolute Gasteiger partial charge is 0.481 e. The van der Waals surface area contributed by atoms with E-state index in [1.54, 1.807) is 0 Å². The van der Waals surface area contributed by atoms with E-state index in [1.807, 2.05) is 0 Å². The van der Waals surface area contributed by atoms with Crippen molar-refractivity contribution in [1.29, 1.82) is 0 Å². The summed E-state index contributed by atoms with van der Waals surface area (Å²) < 4.78 is 161. The average molecular weight is 516 g/mol. The first-order valence-corrected chi connectivity index (χ1v) is 8.85. The molecule has 33 heavy (non-hydrogen) atoms. The van der Waals surface area contributed by atoms with E-state index in [9.17, 15) is 62.3 Å². The van der Waals surface area contributed by atoms with Crippen LogP contribution in [0.2, 0.25) is 0 Å². The van der Waals surface area contributed by atoms with Gasteiger partial charge in [0.2, 0.25) is 0 Å². The minimum absolute atomic E-state index is 0.603. The molecular weight excluding hydrogens is 496 g/mol. The van der Waals surface area contributed by atoms with E-state index in [-0.39, 0.29) is 0 Å². The van der Waals surface area contributed by atoms with Crippen LogP contribution in [0.1, 0.15) is 34.1 Å². The summed E-state index contributed by atoms with van der Waals surface area (Å²) in [6.07, 6.45) is -6.22. The third-order valence-electron chi connectivity index (χ3n) is 4.67. The van der Waals surface area contributed by atoms with Crippen LogP contribution in [0.4, 0.5) is 52.7 Å². The Kier molecular flexibility index (Phi) is 8.85. The van der Waals surface area contributed by atoms with Gasteiger partial charge in [-0.25, -0.2) is 8.78 Å². The Bertz CT molecular complexity index is 715. The Morgan fingerprint density at radius 1 is 0.818 bits per heavy atom. The van der Waals surface area contributed by atoms with Gasteiger partial charge >= 0.3 is 48.0 Å². The molecule has 2 atom stereocenters. The fraction of sp³-hybridized carbons (Fsp3) is 0.882. The van der Waals surface area contributed by atoms with Gasteiger partial charge in [0.1, 0.15) is 0 Å². The molecule has 2 unspecified atom stereocenters. The maximum absolute atomic E-state index is 13.7. The van der Waals surface area contributed by atoms with Crippen LogP contribution < -0.4 is 0 Å². The zero-order valence-electron chi connectivity index (χ0n) is 17.4. The Morgan fingerprint density at radius 3 is 1.58 bits per heavy atom. The van der Waals surface area contributed by atoms with Gasteiger partial charge in [-0.1, -0.05) is 27.7 Å². The van der Waals surface area contributed by atoms with Gasteiger partial charge in [0.05, 0.1) is 11.8 Å². The van der Waals surface area contributed by atoms with Crippen molar-refractivity contribution in [3.8, 4) is 0 Å². The first-order chi connectivity index (χ1) is 14.3. The third-order valence-corrected chi connectivity index (χ3v) is 4.67. The lowest BCUT2D eigenvalue weighted by Gasteiger charge is -2.39. The summed E-state index contributed by atoms with van der Waals surface area (Å²) in [5.41, 5.74) is -0.999. The monoisotopic (exact) mass is 516 g/mol. The van der Waals surface area contributed by atoms with E-state index < -0.39 is 78.3 Å². The highest BCUT2D eigenvalue weighted by molar-refractivity contribution is 5.75.